The first-order chi connectivity index (χ1) is 13.0. The summed E-state index contributed by atoms with van der Waals surface area (Å²) < 4.78 is 9.98. The summed E-state index contributed by atoms with van der Waals surface area (Å²) in [6, 6.07) is 6.74. The summed E-state index contributed by atoms with van der Waals surface area (Å²) >= 11 is 5.84. The Morgan fingerprint density at radius 1 is 1.19 bits per heavy atom. The average molecular weight is 397 g/mol. The zero-order valence-corrected chi connectivity index (χ0v) is 16.2. The number of ether oxygens (including phenoxy) is 2. The van der Waals surface area contributed by atoms with Gasteiger partial charge in [0.1, 0.15) is 0 Å². The Bertz CT molecular complexity index is 642. The van der Waals surface area contributed by atoms with Crippen molar-refractivity contribution in [3.05, 3.63) is 34.9 Å². The van der Waals surface area contributed by atoms with Crippen LogP contribution in [0.1, 0.15) is 29.6 Å². The highest BCUT2D eigenvalue weighted by molar-refractivity contribution is 6.30. The van der Waals surface area contributed by atoms with Gasteiger partial charge in [-0.25, -0.2) is 0 Å². The van der Waals surface area contributed by atoms with Crippen LogP contribution in [0.4, 0.5) is 0 Å². The van der Waals surface area contributed by atoms with E-state index in [1.54, 1.807) is 36.3 Å². The van der Waals surface area contributed by atoms with Crippen molar-refractivity contribution < 1.29 is 23.9 Å². The zero-order chi connectivity index (χ0) is 19.6. The molecule has 1 aliphatic heterocycles. The molecule has 7 nitrogen and oxygen atoms in total. The fourth-order valence-electron chi connectivity index (χ4n) is 2.84. The molecule has 1 heterocycles. The Labute approximate surface area is 163 Å². The van der Waals surface area contributed by atoms with Gasteiger partial charge in [-0.2, -0.15) is 0 Å². The molecule has 1 aromatic carbocycles. The molecule has 2 rings (SSSR count). The minimum Gasteiger partial charge on any atom is -0.455 e. The van der Waals surface area contributed by atoms with Gasteiger partial charge in [-0.1, -0.05) is 11.6 Å². The fraction of sp³-hybridized carbons (Fsp3) is 0.526. The highest BCUT2D eigenvalue weighted by Crippen LogP contribution is 2.21. The molecule has 0 radical (unpaired) electrons. The van der Waals surface area contributed by atoms with Gasteiger partial charge in [0, 0.05) is 43.9 Å². The van der Waals surface area contributed by atoms with Crippen molar-refractivity contribution in [3.8, 4) is 0 Å². The number of amides is 2. The number of hydrogen-bond acceptors (Lipinski definition) is 5. The van der Waals surface area contributed by atoms with E-state index in [0.29, 0.717) is 56.1 Å². The molecule has 1 aromatic rings. The predicted molar refractivity (Wildman–Crippen MR) is 101 cm³/mol. The number of rotatable bonds is 8. The number of methoxy groups -OCH3 is 1. The maximum Gasteiger partial charge on any atom is 0.309 e. The van der Waals surface area contributed by atoms with Crippen LogP contribution in [0, 0.1) is 5.92 Å². The van der Waals surface area contributed by atoms with Gasteiger partial charge in [-0.05, 0) is 43.5 Å². The largest absolute Gasteiger partial charge is 0.455 e. The number of carbonyl (C=O) groups excluding carboxylic acids is 3. The van der Waals surface area contributed by atoms with Gasteiger partial charge in [-0.15, -0.1) is 0 Å². The van der Waals surface area contributed by atoms with E-state index >= 15 is 0 Å². The van der Waals surface area contributed by atoms with Gasteiger partial charge in [-0.3, -0.25) is 14.4 Å². The molecule has 0 unspecified atom stereocenters. The smallest absolute Gasteiger partial charge is 0.309 e. The molecule has 8 heteroatoms. The minimum absolute atomic E-state index is 0.0751. The summed E-state index contributed by atoms with van der Waals surface area (Å²) in [6.07, 6.45) is 1.75. The number of carbonyl (C=O) groups is 3. The van der Waals surface area contributed by atoms with Crippen molar-refractivity contribution in [2.45, 2.75) is 19.3 Å². The number of likely N-dealkylation sites (tertiary alicyclic amines) is 1. The van der Waals surface area contributed by atoms with E-state index in [4.69, 9.17) is 21.1 Å². The highest BCUT2D eigenvalue weighted by Gasteiger charge is 2.29. The van der Waals surface area contributed by atoms with E-state index < -0.39 is 0 Å². The molecule has 1 fully saturated rings. The lowest BCUT2D eigenvalue weighted by Gasteiger charge is -2.31. The number of benzene rings is 1. The van der Waals surface area contributed by atoms with Crippen LogP contribution in [0.15, 0.2) is 24.3 Å². The maximum atomic E-state index is 12.5. The van der Waals surface area contributed by atoms with E-state index in [2.05, 4.69) is 5.32 Å². The predicted octanol–water partition coefficient (Wildman–Crippen LogP) is 1.89. The SMILES string of the molecule is COCCCNC(=O)COC(=O)C1CCN(C(=O)c2ccc(Cl)cc2)CC1. The van der Waals surface area contributed by atoms with Crippen LogP contribution in [0.5, 0.6) is 0 Å². The number of piperidine rings is 1. The fourth-order valence-corrected chi connectivity index (χ4v) is 2.97. The molecule has 27 heavy (non-hydrogen) atoms. The number of hydrogen-bond donors (Lipinski definition) is 1. The van der Waals surface area contributed by atoms with E-state index in [9.17, 15) is 14.4 Å². The molecule has 0 aliphatic carbocycles. The maximum absolute atomic E-state index is 12.5. The Hall–Kier alpha value is -2.12. The van der Waals surface area contributed by atoms with E-state index in [-0.39, 0.29) is 30.3 Å². The third-order valence-electron chi connectivity index (χ3n) is 4.40. The first-order valence-corrected chi connectivity index (χ1v) is 9.36. The first-order valence-electron chi connectivity index (χ1n) is 8.98. The molecule has 0 atom stereocenters. The molecule has 0 bridgehead atoms. The van der Waals surface area contributed by atoms with Crippen LogP contribution in [-0.4, -0.2) is 62.6 Å². The number of nitrogens with one attached hydrogen (secondary N) is 1. The van der Waals surface area contributed by atoms with Crippen LogP contribution < -0.4 is 5.32 Å². The Balaban J connectivity index is 1.70. The Kier molecular flexibility index (Phi) is 8.54. The molecule has 0 saturated carbocycles. The summed E-state index contributed by atoms with van der Waals surface area (Å²) in [6.45, 7) is 1.72. The van der Waals surface area contributed by atoms with E-state index in [1.165, 1.54) is 0 Å². The van der Waals surface area contributed by atoms with Gasteiger partial charge in [0.15, 0.2) is 6.61 Å². The lowest BCUT2D eigenvalue weighted by atomic mass is 9.96. The molecule has 2 amide bonds. The van der Waals surface area contributed by atoms with Crippen molar-refractivity contribution in [1.29, 1.82) is 0 Å². The van der Waals surface area contributed by atoms with Crippen molar-refractivity contribution in [3.63, 3.8) is 0 Å². The topological polar surface area (TPSA) is 84.9 Å². The monoisotopic (exact) mass is 396 g/mol. The molecule has 1 saturated heterocycles. The van der Waals surface area contributed by atoms with Crippen LogP contribution in [0.2, 0.25) is 5.02 Å². The summed E-state index contributed by atoms with van der Waals surface area (Å²) in [5.74, 6) is -1.08. The standard InChI is InChI=1S/C19H25ClN2O5/c1-26-12-2-9-21-17(23)13-27-19(25)15-7-10-22(11-8-15)18(24)14-3-5-16(20)6-4-14/h3-6,15H,2,7-13H2,1H3,(H,21,23). The normalized spacial score (nSPS) is 14.7. The molecular weight excluding hydrogens is 372 g/mol. The third kappa shape index (κ3) is 6.84. The van der Waals surface area contributed by atoms with E-state index in [1.807, 2.05) is 0 Å². The molecule has 0 aromatic heterocycles. The lowest BCUT2D eigenvalue weighted by Crippen LogP contribution is -2.41. The molecule has 1 N–H and O–H groups in total. The second-order valence-corrected chi connectivity index (χ2v) is 6.81. The summed E-state index contributed by atoms with van der Waals surface area (Å²) in [5, 5.41) is 3.24. The Morgan fingerprint density at radius 2 is 1.85 bits per heavy atom. The van der Waals surface area contributed by atoms with Crippen molar-refractivity contribution >= 4 is 29.4 Å². The van der Waals surface area contributed by atoms with Crippen molar-refractivity contribution in [2.75, 3.05) is 40.0 Å². The van der Waals surface area contributed by atoms with Crippen LogP contribution >= 0.6 is 11.6 Å². The van der Waals surface area contributed by atoms with Gasteiger partial charge in [0.2, 0.25) is 0 Å². The van der Waals surface area contributed by atoms with Gasteiger partial charge >= 0.3 is 5.97 Å². The molecule has 148 valence electrons. The zero-order valence-electron chi connectivity index (χ0n) is 15.4. The Morgan fingerprint density at radius 3 is 2.48 bits per heavy atom. The van der Waals surface area contributed by atoms with E-state index in [0.717, 1.165) is 0 Å². The summed E-state index contributed by atoms with van der Waals surface area (Å²) in [7, 11) is 1.60. The van der Waals surface area contributed by atoms with Gasteiger partial charge in [0.25, 0.3) is 11.8 Å². The van der Waals surface area contributed by atoms with Crippen molar-refractivity contribution in [2.24, 2.45) is 5.92 Å². The van der Waals surface area contributed by atoms with Crippen molar-refractivity contribution in [1.82, 2.24) is 10.2 Å². The second-order valence-electron chi connectivity index (χ2n) is 6.38. The first kappa shape index (κ1) is 21.2. The summed E-state index contributed by atoms with van der Waals surface area (Å²) in [4.78, 5) is 37.9. The lowest BCUT2D eigenvalue weighted by molar-refractivity contribution is -0.153. The number of nitrogens with zero attached hydrogens (tertiary/aromatic N) is 1. The molecule has 1 aliphatic rings. The highest BCUT2D eigenvalue weighted by atomic mass is 35.5. The van der Waals surface area contributed by atoms with Gasteiger partial charge in [0.05, 0.1) is 5.92 Å². The summed E-state index contributed by atoms with van der Waals surface area (Å²) in [5.41, 5.74) is 0.575. The third-order valence-corrected chi connectivity index (χ3v) is 4.65. The quantitative estimate of drug-likeness (QED) is 0.535. The van der Waals surface area contributed by atoms with Crippen LogP contribution in [0.3, 0.4) is 0 Å². The van der Waals surface area contributed by atoms with Crippen LogP contribution in [-0.2, 0) is 19.1 Å². The van der Waals surface area contributed by atoms with Crippen LogP contribution in [0.25, 0.3) is 0 Å². The minimum atomic E-state index is -0.388. The molecule has 0 spiro atoms. The molecular formula is C19H25ClN2O5. The average Bonchev–Trinajstić information content (AvgIpc) is 2.69. The number of esters is 1. The number of halogens is 1. The second kappa shape index (κ2) is 10.9. The van der Waals surface area contributed by atoms with Gasteiger partial charge < -0.3 is 19.7 Å².